The fraction of sp³-hybridized carbons (Fsp3) is 0.353. The highest BCUT2D eigenvalue weighted by Crippen LogP contribution is 2.22. The van der Waals surface area contributed by atoms with Gasteiger partial charge in [-0.25, -0.2) is 8.78 Å². The molecule has 1 aromatic heterocycles. The molecule has 0 aliphatic carbocycles. The van der Waals surface area contributed by atoms with Crippen LogP contribution in [0.3, 0.4) is 0 Å². The van der Waals surface area contributed by atoms with Crippen LogP contribution in [0.4, 0.5) is 8.78 Å². The largest absolute Gasteiger partial charge is 0.354 e. The first-order valence-corrected chi connectivity index (χ1v) is 8.26. The van der Waals surface area contributed by atoms with E-state index in [0.29, 0.717) is 18.5 Å². The number of halogens is 2. The Kier molecular flexibility index (Phi) is 6.24. The van der Waals surface area contributed by atoms with Crippen LogP contribution in [-0.2, 0) is 11.2 Å². The van der Waals surface area contributed by atoms with E-state index in [1.165, 1.54) is 10.9 Å². The summed E-state index contributed by atoms with van der Waals surface area (Å²) in [5.41, 5.74) is 0.612. The summed E-state index contributed by atoms with van der Waals surface area (Å²) in [5.74, 6) is -1.85. The number of hydrogen-bond acceptors (Lipinski definition) is 3. The van der Waals surface area contributed by atoms with E-state index in [1.54, 1.807) is 11.3 Å². The first kappa shape index (κ1) is 17.6. The van der Waals surface area contributed by atoms with Crippen LogP contribution in [0.1, 0.15) is 22.9 Å². The van der Waals surface area contributed by atoms with Gasteiger partial charge in [-0.15, -0.1) is 11.3 Å². The maximum Gasteiger partial charge on any atom is 0.220 e. The molecule has 1 heterocycles. The lowest BCUT2D eigenvalue weighted by Gasteiger charge is -2.23. The van der Waals surface area contributed by atoms with Crippen molar-refractivity contribution in [3.8, 4) is 0 Å². The van der Waals surface area contributed by atoms with E-state index in [-0.39, 0.29) is 18.4 Å². The van der Waals surface area contributed by atoms with E-state index >= 15 is 0 Å². The van der Waals surface area contributed by atoms with Gasteiger partial charge in [-0.2, -0.15) is 0 Å². The molecule has 2 aromatic rings. The molecule has 0 saturated carbocycles. The van der Waals surface area contributed by atoms with Gasteiger partial charge in [0, 0.05) is 17.8 Å². The fourth-order valence-corrected chi connectivity index (χ4v) is 3.19. The molecule has 6 heteroatoms. The van der Waals surface area contributed by atoms with Crippen LogP contribution in [0.2, 0.25) is 0 Å². The van der Waals surface area contributed by atoms with Gasteiger partial charge in [-0.3, -0.25) is 4.79 Å². The molecule has 0 radical (unpaired) electrons. The zero-order chi connectivity index (χ0) is 16.8. The van der Waals surface area contributed by atoms with Crippen molar-refractivity contribution >= 4 is 17.2 Å². The van der Waals surface area contributed by atoms with Gasteiger partial charge in [0.2, 0.25) is 5.91 Å². The number of benzene rings is 1. The van der Waals surface area contributed by atoms with Crippen molar-refractivity contribution in [3.63, 3.8) is 0 Å². The second-order valence-corrected chi connectivity index (χ2v) is 6.53. The molecule has 3 nitrogen and oxygen atoms in total. The average molecular weight is 338 g/mol. The molecule has 124 valence electrons. The van der Waals surface area contributed by atoms with Gasteiger partial charge in [-0.05, 0) is 49.7 Å². The second kappa shape index (κ2) is 8.17. The predicted octanol–water partition coefficient (Wildman–Crippen LogP) is 3.38. The summed E-state index contributed by atoms with van der Waals surface area (Å²) < 4.78 is 26.0. The summed E-state index contributed by atoms with van der Waals surface area (Å²) in [6.45, 7) is 0.518. The summed E-state index contributed by atoms with van der Waals surface area (Å²) >= 11 is 1.65. The molecule has 2 rings (SSSR count). The molecule has 0 saturated heterocycles. The van der Waals surface area contributed by atoms with Crippen molar-refractivity contribution in [3.05, 3.63) is 57.8 Å². The average Bonchev–Trinajstić information content (AvgIpc) is 3.02. The number of aryl methyl sites for hydroxylation is 1. The minimum Gasteiger partial charge on any atom is -0.354 e. The Morgan fingerprint density at radius 1 is 1.26 bits per heavy atom. The van der Waals surface area contributed by atoms with Gasteiger partial charge < -0.3 is 10.2 Å². The lowest BCUT2D eigenvalue weighted by Crippen LogP contribution is -2.34. The number of nitrogens with zero attached hydrogens (tertiary/aromatic N) is 1. The first-order valence-electron chi connectivity index (χ1n) is 7.38. The van der Waals surface area contributed by atoms with Crippen LogP contribution in [0.25, 0.3) is 0 Å². The van der Waals surface area contributed by atoms with E-state index in [1.807, 2.05) is 31.6 Å². The molecule has 0 aliphatic rings. The molecule has 0 unspecified atom stereocenters. The maximum absolute atomic E-state index is 13.1. The third kappa shape index (κ3) is 5.11. The number of carbonyl (C=O) groups excluding carboxylic acids is 1. The lowest BCUT2D eigenvalue weighted by molar-refractivity contribution is -0.121. The minimum absolute atomic E-state index is 0.0989. The SMILES string of the molecule is CN(C)[C@H](CNC(=O)CCc1ccc(F)c(F)c1)c1cccs1. The zero-order valence-electron chi connectivity index (χ0n) is 13.2. The number of nitrogens with one attached hydrogen (secondary N) is 1. The molecular formula is C17H20F2N2OS. The lowest BCUT2D eigenvalue weighted by atomic mass is 10.1. The molecule has 1 amide bonds. The second-order valence-electron chi connectivity index (χ2n) is 5.55. The summed E-state index contributed by atoms with van der Waals surface area (Å²) in [6, 6.07) is 7.88. The van der Waals surface area contributed by atoms with Crippen LogP contribution in [0, 0.1) is 11.6 Å². The molecule has 1 aromatic carbocycles. The van der Waals surface area contributed by atoms with E-state index < -0.39 is 11.6 Å². The predicted molar refractivity (Wildman–Crippen MR) is 88.4 cm³/mol. The van der Waals surface area contributed by atoms with Crippen molar-refractivity contribution < 1.29 is 13.6 Å². The van der Waals surface area contributed by atoms with E-state index in [0.717, 1.165) is 12.1 Å². The van der Waals surface area contributed by atoms with Crippen molar-refractivity contribution in [2.24, 2.45) is 0 Å². The highest BCUT2D eigenvalue weighted by atomic mass is 32.1. The highest BCUT2D eigenvalue weighted by Gasteiger charge is 2.16. The summed E-state index contributed by atoms with van der Waals surface area (Å²) in [5, 5.41) is 4.92. The van der Waals surface area contributed by atoms with E-state index in [4.69, 9.17) is 0 Å². The molecule has 0 spiro atoms. The Bertz CT molecular complexity index is 644. The Hall–Kier alpha value is -1.79. The number of thiophene rings is 1. The van der Waals surface area contributed by atoms with Crippen LogP contribution >= 0.6 is 11.3 Å². The zero-order valence-corrected chi connectivity index (χ0v) is 14.0. The fourth-order valence-electron chi connectivity index (χ4n) is 2.27. The molecule has 23 heavy (non-hydrogen) atoms. The van der Waals surface area contributed by atoms with Gasteiger partial charge >= 0.3 is 0 Å². The Balaban J connectivity index is 1.83. The molecule has 0 aliphatic heterocycles. The third-order valence-corrected chi connectivity index (χ3v) is 4.59. The van der Waals surface area contributed by atoms with Crippen molar-refractivity contribution in [2.75, 3.05) is 20.6 Å². The van der Waals surface area contributed by atoms with Gasteiger partial charge in [-0.1, -0.05) is 12.1 Å². The summed E-state index contributed by atoms with van der Waals surface area (Å²) in [4.78, 5) is 15.2. The minimum atomic E-state index is -0.881. The van der Waals surface area contributed by atoms with Crippen molar-refractivity contribution in [2.45, 2.75) is 18.9 Å². The highest BCUT2D eigenvalue weighted by molar-refractivity contribution is 7.10. The number of amides is 1. The molecular weight excluding hydrogens is 318 g/mol. The number of carbonyl (C=O) groups is 1. The van der Waals surface area contributed by atoms with E-state index in [2.05, 4.69) is 10.2 Å². The van der Waals surface area contributed by atoms with E-state index in [9.17, 15) is 13.6 Å². The van der Waals surface area contributed by atoms with Gasteiger partial charge in [0.05, 0.1) is 6.04 Å². The van der Waals surface area contributed by atoms with Gasteiger partial charge in [0.25, 0.3) is 0 Å². The van der Waals surface area contributed by atoms with Crippen LogP contribution in [0.15, 0.2) is 35.7 Å². The van der Waals surface area contributed by atoms with Crippen LogP contribution in [0.5, 0.6) is 0 Å². The smallest absolute Gasteiger partial charge is 0.220 e. The Morgan fingerprint density at radius 3 is 2.65 bits per heavy atom. The van der Waals surface area contributed by atoms with Crippen molar-refractivity contribution in [1.82, 2.24) is 10.2 Å². The third-order valence-electron chi connectivity index (χ3n) is 3.61. The Labute approximate surface area is 138 Å². The van der Waals surface area contributed by atoms with Gasteiger partial charge in [0.1, 0.15) is 0 Å². The molecule has 1 N–H and O–H groups in total. The normalized spacial score (nSPS) is 12.4. The molecule has 0 fully saturated rings. The summed E-state index contributed by atoms with van der Waals surface area (Å²) in [6.07, 6.45) is 0.629. The van der Waals surface area contributed by atoms with Crippen LogP contribution in [-0.4, -0.2) is 31.4 Å². The Morgan fingerprint density at radius 2 is 2.04 bits per heavy atom. The topological polar surface area (TPSA) is 32.3 Å². The first-order chi connectivity index (χ1) is 11.0. The number of hydrogen-bond donors (Lipinski definition) is 1. The number of likely N-dealkylation sites (N-methyl/N-ethyl adjacent to an activating group) is 1. The monoisotopic (exact) mass is 338 g/mol. The maximum atomic E-state index is 13.1. The van der Waals surface area contributed by atoms with Crippen molar-refractivity contribution in [1.29, 1.82) is 0 Å². The molecule has 0 bridgehead atoms. The number of rotatable bonds is 7. The van der Waals surface area contributed by atoms with Gasteiger partial charge in [0.15, 0.2) is 11.6 Å². The summed E-state index contributed by atoms with van der Waals surface area (Å²) in [7, 11) is 3.94. The van der Waals surface area contributed by atoms with Crippen LogP contribution < -0.4 is 5.32 Å². The quantitative estimate of drug-likeness (QED) is 0.839. The molecule has 1 atom stereocenters. The standard InChI is InChI=1S/C17H20F2N2OS/c1-21(2)15(16-4-3-9-23-16)11-20-17(22)8-6-12-5-7-13(18)14(19)10-12/h3-5,7,9-10,15H,6,8,11H2,1-2H3,(H,20,22)/t15-/m1/s1.